The van der Waals surface area contributed by atoms with Gasteiger partial charge in [-0.2, -0.15) is 4.31 Å². The van der Waals surface area contributed by atoms with Crippen LogP contribution in [0, 0.1) is 5.82 Å². The predicted molar refractivity (Wildman–Crippen MR) is 120 cm³/mol. The predicted octanol–water partition coefficient (Wildman–Crippen LogP) is 3.44. The molecule has 0 radical (unpaired) electrons. The van der Waals surface area contributed by atoms with Crippen LogP contribution in [0.15, 0.2) is 82.6 Å². The van der Waals surface area contributed by atoms with E-state index in [1.165, 1.54) is 34.6 Å². The maximum absolute atomic E-state index is 13.6. The fraction of sp³-hybridized carbons (Fsp3) is 0.182. The number of sulfonamides is 2. The number of rotatable bonds is 7. The second kappa shape index (κ2) is 9.48. The molecular formula is C22H21FN2O6S2. The maximum atomic E-state index is 13.6. The van der Waals surface area contributed by atoms with Gasteiger partial charge in [-0.25, -0.2) is 21.2 Å². The van der Waals surface area contributed by atoms with Crippen LogP contribution in [0.25, 0.3) is 0 Å². The molecule has 0 atom stereocenters. The molecule has 3 aromatic rings. The Hall–Kier alpha value is -2.99. The molecule has 0 unspecified atom stereocenters. The van der Waals surface area contributed by atoms with E-state index < -0.39 is 25.9 Å². The van der Waals surface area contributed by atoms with Gasteiger partial charge >= 0.3 is 0 Å². The number of nitrogens with zero attached hydrogens (tertiary/aromatic N) is 1. The second-order valence-electron chi connectivity index (χ2n) is 7.15. The van der Waals surface area contributed by atoms with Gasteiger partial charge in [0.05, 0.1) is 28.7 Å². The Kier molecular flexibility index (Phi) is 6.66. The lowest BCUT2D eigenvalue weighted by atomic mass is 10.3. The largest absolute Gasteiger partial charge is 0.455 e. The van der Waals surface area contributed by atoms with Crippen molar-refractivity contribution in [2.75, 3.05) is 31.0 Å². The van der Waals surface area contributed by atoms with E-state index in [-0.39, 0.29) is 47.5 Å². The van der Waals surface area contributed by atoms with Gasteiger partial charge in [-0.1, -0.05) is 24.3 Å². The van der Waals surface area contributed by atoms with E-state index >= 15 is 0 Å². The van der Waals surface area contributed by atoms with Crippen molar-refractivity contribution >= 4 is 25.7 Å². The van der Waals surface area contributed by atoms with E-state index in [1.54, 1.807) is 30.3 Å². The SMILES string of the molecule is O=S(=O)(Nc1cc(S(=O)(=O)N2CCOCC2)ccc1Oc1ccccc1)c1cccc(F)c1. The van der Waals surface area contributed by atoms with Gasteiger partial charge in [0, 0.05) is 13.1 Å². The maximum Gasteiger partial charge on any atom is 0.262 e. The molecule has 0 aliphatic carbocycles. The third-order valence-electron chi connectivity index (χ3n) is 4.88. The molecule has 1 saturated heterocycles. The van der Waals surface area contributed by atoms with Gasteiger partial charge in [-0.05, 0) is 48.5 Å². The Balaban J connectivity index is 1.75. The van der Waals surface area contributed by atoms with Crippen molar-refractivity contribution < 1.29 is 30.7 Å². The Bertz CT molecular complexity index is 1340. The molecule has 33 heavy (non-hydrogen) atoms. The van der Waals surface area contributed by atoms with Crippen molar-refractivity contribution in [1.29, 1.82) is 0 Å². The van der Waals surface area contributed by atoms with Gasteiger partial charge in [0.2, 0.25) is 10.0 Å². The number of morpholine rings is 1. The van der Waals surface area contributed by atoms with E-state index in [0.717, 1.165) is 12.1 Å². The average Bonchev–Trinajstić information content (AvgIpc) is 2.81. The monoisotopic (exact) mass is 492 g/mol. The lowest BCUT2D eigenvalue weighted by Gasteiger charge is -2.26. The summed E-state index contributed by atoms with van der Waals surface area (Å²) in [5.74, 6) is -0.211. The van der Waals surface area contributed by atoms with Crippen LogP contribution in [0.1, 0.15) is 0 Å². The minimum Gasteiger partial charge on any atom is -0.455 e. The normalized spacial score (nSPS) is 15.2. The summed E-state index contributed by atoms with van der Waals surface area (Å²) in [6, 6.07) is 17.0. The first-order valence-electron chi connectivity index (χ1n) is 9.99. The van der Waals surface area contributed by atoms with Crippen LogP contribution in [-0.4, -0.2) is 47.4 Å². The highest BCUT2D eigenvalue weighted by Crippen LogP contribution is 2.34. The van der Waals surface area contributed by atoms with Crippen molar-refractivity contribution in [3.8, 4) is 11.5 Å². The van der Waals surface area contributed by atoms with Crippen molar-refractivity contribution in [1.82, 2.24) is 4.31 Å². The molecule has 1 N–H and O–H groups in total. The summed E-state index contributed by atoms with van der Waals surface area (Å²) >= 11 is 0. The second-order valence-corrected chi connectivity index (χ2v) is 10.8. The minimum absolute atomic E-state index is 0.0853. The Morgan fingerprint density at radius 3 is 2.27 bits per heavy atom. The molecule has 0 amide bonds. The Labute approximate surface area is 191 Å². The molecule has 4 rings (SSSR count). The highest BCUT2D eigenvalue weighted by Gasteiger charge is 2.28. The molecule has 11 heteroatoms. The quantitative estimate of drug-likeness (QED) is 0.542. The van der Waals surface area contributed by atoms with E-state index in [9.17, 15) is 21.2 Å². The molecule has 1 heterocycles. The van der Waals surface area contributed by atoms with Crippen LogP contribution in [0.3, 0.4) is 0 Å². The van der Waals surface area contributed by atoms with Gasteiger partial charge in [-0.15, -0.1) is 0 Å². The van der Waals surface area contributed by atoms with Crippen molar-refractivity contribution in [3.63, 3.8) is 0 Å². The number of para-hydroxylation sites is 1. The summed E-state index contributed by atoms with van der Waals surface area (Å²) in [5, 5.41) is 0. The zero-order valence-corrected chi connectivity index (χ0v) is 19.0. The minimum atomic E-state index is -4.24. The molecule has 1 fully saturated rings. The van der Waals surface area contributed by atoms with Crippen molar-refractivity contribution in [2.24, 2.45) is 0 Å². The molecule has 1 aliphatic rings. The molecule has 1 aliphatic heterocycles. The molecule has 0 saturated carbocycles. The zero-order chi connectivity index (χ0) is 23.5. The Morgan fingerprint density at radius 1 is 0.848 bits per heavy atom. The first-order valence-corrected chi connectivity index (χ1v) is 12.9. The van der Waals surface area contributed by atoms with Crippen LogP contribution in [0.5, 0.6) is 11.5 Å². The highest BCUT2D eigenvalue weighted by molar-refractivity contribution is 7.92. The summed E-state index contributed by atoms with van der Waals surface area (Å²) in [6.45, 7) is 0.922. The van der Waals surface area contributed by atoms with Crippen LogP contribution >= 0.6 is 0 Å². The number of nitrogens with one attached hydrogen (secondary N) is 1. The van der Waals surface area contributed by atoms with Crippen molar-refractivity contribution in [2.45, 2.75) is 9.79 Å². The standard InChI is InChI=1S/C22H21FN2O6S2/c23-17-5-4-8-19(15-17)32(26,27)24-21-16-20(33(28,29)25-11-13-30-14-12-25)9-10-22(21)31-18-6-2-1-3-7-18/h1-10,15-16,24H,11-14H2. The number of halogens is 1. The molecule has 3 aromatic carbocycles. The van der Waals surface area contributed by atoms with Crippen LogP contribution < -0.4 is 9.46 Å². The topological polar surface area (TPSA) is 102 Å². The molecule has 174 valence electrons. The summed E-state index contributed by atoms with van der Waals surface area (Å²) in [7, 11) is -8.13. The van der Waals surface area contributed by atoms with Gasteiger partial charge in [0.25, 0.3) is 10.0 Å². The number of hydrogen-bond donors (Lipinski definition) is 1. The van der Waals surface area contributed by atoms with Crippen LogP contribution in [-0.2, 0) is 24.8 Å². The fourth-order valence-corrected chi connectivity index (χ4v) is 5.75. The number of anilines is 1. The fourth-order valence-electron chi connectivity index (χ4n) is 3.23. The van der Waals surface area contributed by atoms with Crippen LogP contribution in [0.4, 0.5) is 10.1 Å². The third-order valence-corrected chi connectivity index (χ3v) is 8.14. The number of benzene rings is 3. The van der Waals surface area contributed by atoms with Gasteiger partial charge in [0.15, 0.2) is 5.75 Å². The van der Waals surface area contributed by atoms with Gasteiger partial charge < -0.3 is 9.47 Å². The van der Waals surface area contributed by atoms with Gasteiger partial charge in [-0.3, -0.25) is 4.72 Å². The summed E-state index contributed by atoms with van der Waals surface area (Å²) in [5.41, 5.74) is -0.0996. The first kappa shape index (κ1) is 23.2. The first-order chi connectivity index (χ1) is 15.8. The van der Waals surface area contributed by atoms with E-state index in [1.807, 2.05) is 0 Å². The van der Waals surface area contributed by atoms with E-state index in [4.69, 9.17) is 9.47 Å². The molecule has 0 aromatic heterocycles. The third kappa shape index (κ3) is 5.33. The van der Waals surface area contributed by atoms with Crippen molar-refractivity contribution in [3.05, 3.63) is 78.6 Å². The van der Waals surface area contributed by atoms with Gasteiger partial charge in [0.1, 0.15) is 11.6 Å². The smallest absolute Gasteiger partial charge is 0.262 e. The van der Waals surface area contributed by atoms with E-state index in [0.29, 0.717) is 5.75 Å². The number of ether oxygens (including phenoxy) is 2. The highest BCUT2D eigenvalue weighted by atomic mass is 32.2. The lowest BCUT2D eigenvalue weighted by Crippen LogP contribution is -2.40. The molecule has 0 spiro atoms. The Morgan fingerprint density at radius 2 is 1.58 bits per heavy atom. The lowest BCUT2D eigenvalue weighted by molar-refractivity contribution is 0.0730. The summed E-state index contributed by atoms with van der Waals surface area (Å²) in [6.07, 6.45) is 0. The molecular weight excluding hydrogens is 471 g/mol. The summed E-state index contributed by atoms with van der Waals surface area (Å²) < 4.78 is 80.3. The van der Waals surface area contributed by atoms with E-state index in [2.05, 4.69) is 4.72 Å². The van der Waals surface area contributed by atoms with Crippen LogP contribution in [0.2, 0.25) is 0 Å². The average molecular weight is 493 g/mol. The molecule has 0 bridgehead atoms. The molecule has 8 nitrogen and oxygen atoms in total. The summed E-state index contributed by atoms with van der Waals surface area (Å²) in [4.78, 5) is -0.420. The zero-order valence-electron chi connectivity index (χ0n) is 17.3. The number of hydrogen-bond acceptors (Lipinski definition) is 6.